The predicted octanol–water partition coefficient (Wildman–Crippen LogP) is 15.0. The maximum absolute atomic E-state index is 12.5. The van der Waals surface area contributed by atoms with E-state index in [1.54, 1.807) is 0 Å². The van der Waals surface area contributed by atoms with Gasteiger partial charge in [0.25, 0.3) is 0 Å². The van der Waals surface area contributed by atoms with E-state index in [1.807, 2.05) is 0 Å². The number of carbonyl (C=O) groups excluding carboxylic acids is 2. The molecule has 0 fully saturated rings. The van der Waals surface area contributed by atoms with Crippen LogP contribution in [-0.4, -0.2) is 41.0 Å². The highest BCUT2D eigenvalue weighted by atomic mass is 31.2. The van der Waals surface area contributed by atoms with Crippen LogP contribution in [0.4, 0.5) is 0 Å². The minimum absolute atomic E-state index is 0.218. The van der Waals surface area contributed by atoms with Crippen LogP contribution < -0.4 is 0 Å². The van der Waals surface area contributed by atoms with Crippen molar-refractivity contribution in [3.63, 3.8) is 0 Å². The summed E-state index contributed by atoms with van der Waals surface area (Å²) < 4.78 is 26.5. The molecule has 0 saturated carbocycles. The van der Waals surface area contributed by atoms with E-state index in [0.29, 0.717) is 6.42 Å². The van der Waals surface area contributed by atoms with Crippen molar-refractivity contribution in [2.45, 2.75) is 264 Å². The van der Waals surface area contributed by atoms with Crippen molar-refractivity contribution < 1.29 is 37.9 Å². The van der Waals surface area contributed by atoms with E-state index >= 15 is 0 Å². The van der Waals surface area contributed by atoms with Gasteiger partial charge in [0.15, 0.2) is 6.10 Å². The van der Waals surface area contributed by atoms with Crippen molar-refractivity contribution in [3.05, 3.63) is 12.2 Å². The lowest BCUT2D eigenvalue weighted by Crippen LogP contribution is -2.29. The van der Waals surface area contributed by atoms with Gasteiger partial charge in [0.1, 0.15) is 6.61 Å². The average molecular weight is 815 g/mol. The zero-order valence-corrected chi connectivity index (χ0v) is 37.7. The first-order valence-electron chi connectivity index (χ1n) is 24.0. The smallest absolute Gasteiger partial charge is 0.462 e. The standard InChI is InChI=1S/C47H91O8P/c1-3-5-7-9-11-13-15-17-19-21-23-25-27-29-31-33-35-37-39-41-46(48)53-43-45(44-54-56(50,51)52)55-47(49)42-40-38-36-34-32-30-28-26-24-22-20-18-16-14-12-10-8-6-4-2/h17,19,45H,3-16,18,20-44H2,1-2H3,(H2,50,51,52)/b19-17+/t45-/m1/s1. The Morgan fingerprint density at radius 2 is 0.750 bits per heavy atom. The van der Waals surface area contributed by atoms with Gasteiger partial charge in [-0.15, -0.1) is 0 Å². The second kappa shape index (κ2) is 43.4. The van der Waals surface area contributed by atoms with E-state index in [-0.39, 0.29) is 19.4 Å². The zero-order valence-electron chi connectivity index (χ0n) is 36.8. The van der Waals surface area contributed by atoms with E-state index < -0.39 is 32.5 Å². The number of rotatable bonds is 45. The van der Waals surface area contributed by atoms with Gasteiger partial charge in [-0.2, -0.15) is 0 Å². The highest BCUT2D eigenvalue weighted by Gasteiger charge is 2.23. The molecule has 0 aliphatic rings. The molecule has 0 unspecified atom stereocenters. The summed E-state index contributed by atoms with van der Waals surface area (Å²) in [6.07, 6.45) is 49.4. The molecular weight excluding hydrogens is 723 g/mol. The van der Waals surface area contributed by atoms with Gasteiger partial charge in [0, 0.05) is 12.8 Å². The molecule has 0 aromatic heterocycles. The third-order valence-electron chi connectivity index (χ3n) is 10.8. The number of ether oxygens (including phenoxy) is 2. The van der Waals surface area contributed by atoms with Crippen LogP contribution in [0.25, 0.3) is 0 Å². The molecule has 0 aliphatic heterocycles. The predicted molar refractivity (Wildman–Crippen MR) is 235 cm³/mol. The second-order valence-electron chi connectivity index (χ2n) is 16.4. The fourth-order valence-corrected chi connectivity index (χ4v) is 7.55. The molecule has 0 spiro atoms. The van der Waals surface area contributed by atoms with E-state index in [0.717, 1.165) is 32.1 Å². The molecule has 0 aromatic carbocycles. The van der Waals surface area contributed by atoms with Crippen molar-refractivity contribution in [2.24, 2.45) is 0 Å². The summed E-state index contributed by atoms with van der Waals surface area (Å²) in [7, 11) is -4.75. The number of hydrogen-bond donors (Lipinski definition) is 2. The number of phosphoric ester groups is 1. The van der Waals surface area contributed by atoms with Crippen LogP contribution in [0, 0.1) is 0 Å². The summed E-state index contributed by atoms with van der Waals surface area (Å²) in [5.41, 5.74) is 0. The van der Waals surface area contributed by atoms with Crippen LogP contribution >= 0.6 is 7.82 Å². The third-order valence-corrected chi connectivity index (χ3v) is 11.3. The molecule has 8 nitrogen and oxygen atoms in total. The Morgan fingerprint density at radius 1 is 0.446 bits per heavy atom. The van der Waals surface area contributed by atoms with Crippen molar-refractivity contribution in [1.82, 2.24) is 0 Å². The summed E-state index contributed by atoms with van der Waals surface area (Å²) in [5, 5.41) is 0. The van der Waals surface area contributed by atoms with E-state index in [4.69, 9.17) is 19.3 Å². The first-order chi connectivity index (χ1) is 27.3. The largest absolute Gasteiger partial charge is 0.469 e. The Bertz CT molecular complexity index is 920. The van der Waals surface area contributed by atoms with Crippen LogP contribution in [0.15, 0.2) is 12.2 Å². The van der Waals surface area contributed by atoms with E-state index in [9.17, 15) is 14.2 Å². The highest BCUT2D eigenvalue weighted by Crippen LogP contribution is 2.36. The number of allylic oxidation sites excluding steroid dienone is 2. The molecule has 9 heteroatoms. The molecule has 332 valence electrons. The Balaban J connectivity index is 3.81. The van der Waals surface area contributed by atoms with Gasteiger partial charge < -0.3 is 19.3 Å². The maximum Gasteiger partial charge on any atom is 0.469 e. The van der Waals surface area contributed by atoms with Crippen LogP contribution in [0.3, 0.4) is 0 Å². The topological polar surface area (TPSA) is 119 Å². The van der Waals surface area contributed by atoms with Crippen LogP contribution in [-0.2, 0) is 28.2 Å². The Kier molecular flexibility index (Phi) is 42.4. The molecule has 0 rings (SSSR count). The fraction of sp³-hybridized carbons (Fsp3) is 0.915. The number of carbonyl (C=O) groups is 2. The lowest BCUT2D eigenvalue weighted by atomic mass is 10.0. The lowest BCUT2D eigenvalue weighted by Gasteiger charge is -2.18. The SMILES string of the molecule is CCCCCCCC/C=C/CCCCCCCCCCCC(=O)OC[C@H](COP(=O)(O)O)OC(=O)CCCCCCCCCCCCCCCCCCCCC. The third kappa shape index (κ3) is 45.5. The summed E-state index contributed by atoms with van der Waals surface area (Å²) in [6, 6.07) is 0. The first-order valence-corrected chi connectivity index (χ1v) is 25.5. The van der Waals surface area contributed by atoms with Gasteiger partial charge in [0.2, 0.25) is 0 Å². The highest BCUT2D eigenvalue weighted by molar-refractivity contribution is 7.46. The lowest BCUT2D eigenvalue weighted by molar-refractivity contribution is -0.161. The van der Waals surface area contributed by atoms with Gasteiger partial charge >= 0.3 is 19.8 Å². The van der Waals surface area contributed by atoms with Crippen LogP contribution in [0.5, 0.6) is 0 Å². The summed E-state index contributed by atoms with van der Waals surface area (Å²) in [4.78, 5) is 43.0. The number of esters is 2. The molecule has 2 N–H and O–H groups in total. The van der Waals surface area contributed by atoms with E-state index in [1.165, 1.54) is 193 Å². The molecule has 0 radical (unpaired) electrons. The Morgan fingerprint density at radius 3 is 1.09 bits per heavy atom. The Labute approximate surface area is 346 Å². The van der Waals surface area contributed by atoms with Gasteiger partial charge in [-0.25, -0.2) is 4.57 Å². The van der Waals surface area contributed by atoms with Gasteiger partial charge in [-0.05, 0) is 38.5 Å². The fourth-order valence-electron chi connectivity index (χ4n) is 7.19. The molecule has 1 atom stereocenters. The van der Waals surface area contributed by atoms with Gasteiger partial charge in [-0.3, -0.25) is 14.1 Å². The van der Waals surface area contributed by atoms with Crippen molar-refractivity contribution >= 4 is 19.8 Å². The minimum atomic E-state index is -4.75. The van der Waals surface area contributed by atoms with Crippen LogP contribution in [0.1, 0.15) is 258 Å². The molecular formula is C47H91O8P. The van der Waals surface area contributed by atoms with Crippen molar-refractivity contribution in [2.75, 3.05) is 13.2 Å². The molecule has 0 amide bonds. The van der Waals surface area contributed by atoms with Crippen LogP contribution in [0.2, 0.25) is 0 Å². The van der Waals surface area contributed by atoms with Gasteiger partial charge in [-0.1, -0.05) is 219 Å². The van der Waals surface area contributed by atoms with Crippen molar-refractivity contribution in [1.29, 1.82) is 0 Å². The molecule has 56 heavy (non-hydrogen) atoms. The monoisotopic (exact) mass is 815 g/mol. The minimum Gasteiger partial charge on any atom is -0.462 e. The average Bonchev–Trinajstić information content (AvgIpc) is 3.17. The number of unbranched alkanes of at least 4 members (excludes halogenated alkanes) is 33. The molecule has 0 heterocycles. The molecule has 0 saturated heterocycles. The maximum atomic E-state index is 12.5. The first kappa shape index (κ1) is 54.8. The number of phosphoric acid groups is 1. The quantitative estimate of drug-likeness (QED) is 0.0270. The summed E-state index contributed by atoms with van der Waals surface area (Å²) >= 11 is 0. The Hall–Kier alpha value is -1.21. The second-order valence-corrected chi connectivity index (χ2v) is 17.7. The number of hydrogen-bond acceptors (Lipinski definition) is 6. The normalized spacial score (nSPS) is 12.4. The van der Waals surface area contributed by atoms with Gasteiger partial charge in [0.05, 0.1) is 6.61 Å². The summed E-state index contributed by atoms with van der Waals surface area (Å²) in [5.74, 6) is -0.870. The van der Waals surface area contributed by atoms with Crippen molar-refractivity contribution in [3.8, 4) is 0 Å². The molecule has 0 aliphatic carbocycles. The zero-order chi connectivity index (χ0) is 41.1. The molecule has 0 aromatic rings. The molecule has 0 bridgehead atoms. The van der Waals surface area contributed by atoms with E-state index in [2.05, 4.69) is 30.5 Å². The summed E-state index contributed by atoms with van der Waals surface area (Å²) in [6.45, 7) is 3.73.